The standard InChI is InChI=1S/C10H14N2.ClH/c11-8-10(4-1-5-10)9-2-6-12-7-3-9;/h2-3,6-7H,1,4-5,8,11H2;1H. The van der Waals surface area contributed by atoms with Crippen LogP contribution in [0.1, 0.15) is 24.8 Å². The lowest BCUT2D eigenvalue weighted by Crippen LogP contribution is -2.41. The normalized spacial score (nSPS) is 18.5. The summed E-state index contributed by atoms with van der Waals surface area (Å²) in [5.74, 6) is 0. The van der Waals surface area contributed by atoms with E-state index < -0.39 is 0 Å². The Morgan fingerprint density at radius 3 is 2.31 bits per heavy atom. The highest BCUT2D eigenvalue weighted by Crippen LogP contribution is 2.42. The van der Waals surface area contributed by atoms with Gasteiger partial charge in [0, 0.05) is 24.4 Å². The maximum atomic E-state index is 5.78. The van der Waals surface area contributed by atoms with Gasteiger partial charge in [0.1, 0.15) is 0 Å². The average Bonchev–Trinajstić information content (AvgIpc) is 2.05. The van der Waals surface area contributed by atoms with Crippen molar-refractivity contribution in [2.24, 2.45) is 5.73 Å². The van der Waals surface area contributed by atoms with E-state index in [0.29, 0.717) is 5.41 Å². The zero-order valence-electron chi connectivity index (χ0n) is 7.57. The molecule has 1 saturated carbocycles. The summed E-state index contributed by atoms with van der Waals surface area (Å²) >= 11 is 0. The molecule has 0 unspecified atom stereocenters. The van der Waals surface area contributed by atoms with Crippen molar-refractivity contribution in [3.05, 3.63) is 30.1 Å². The van der Waals surface area contributed by atoms with Gasteiger partial charge in [0.05, 0.1) is 0 Å². The Kier molecular flexibility index (Phi) is 3.28. The van der Waals surface area contributed by atoms with Gasteiger partial charge in [0.2, 0.25) is 0 Å². The zero-order valence-corrected chi connectivity index (χ0v) is 8.39. The number of pyridine rings is 1. The average molecular weight is 199 g/mol. The summed E-state index contributed by atoms with van der Waals surface area (Å²) in [4.78, 5) is 4.01. The molecule has 1 aromatic heterocycles. The van der Waals surface area contributed by atoms with Crippen LogP contribution in [0.25, 0.3) is 0 Å². The van der Waals surface area contributed by atoms with Crippen LogP contribution in [-0.2, 0) is 5.41 Å². The van der Waals surface area contributed by atoms with E-state index in [1.807, 2.05) is 12.4 Å². The summed E-state index contributed by atoms with van der Waals surface area (Å²) in [5, 5.41) is 0. The predicted octanol–water partition coefficient (Wildman–Crippen LogP) is 1.88. The summed E-state index contributed by atoms with van der Waals surface area (Å²) < 4.78 is 0. The van der Waals surface area contributed by atoms with Crippen LogP contribution >= 0.6 is 12.4 Å². The molecule has 72 valence electrons. The van der Waals surface area contributed by atoms with Gasteiger partial charge in [0.25, 0.3) is 0 Å². The van der Waals surface area contributed by atoms with Gasteiger partial charge in [-0.25, -0.2) is 0 Å². The molecule has 1 aromatic rings. The van der Waals surface area contributed by atoms with E-state index in [2.05, 4.69) is 17.1 Å². The van der Waals surface area contributed by atoms with Crippen LogP contribution < -0.4 is 5.73 Å². The summed E-state index contributed by atoms with van der Waals surface area (Å²) in [6.45, 7) is 0.775. The van der Waals surface area contributed by atoms with Crippen LogP contribution in [0.2, 0.25) is 0 Å². The number of rotatable bonds is 2. The topological polar surface area (TPSA) is 38.9 Å². The maximum Gasteiger partial charge on any atom is 0.0270 e. The highest BCUT2D eigenvalue weighted by molar-refractivity contribution is 5.85. The van der Waals surface area contributed by atoms with E-state index in [4.69, 9.17) is 5.73 Å². The van der Waals surface area contributed by atoms with Gasteiger partial charge in [-0.15, -0.1) is 12.4 Å². The molecule has 0 saturated heterocycles. The second kappa shape index (κ2) is 4.07. The molecule has 1 aliphatic rings. The molecule has 0 atom stereocenters. The molecule has 0 aromatic carbocycles. The van der Waals surface area contributed by atoms with Crippen LogP contribution in [0.3, 0.4) is 0 Å². The first-order chi connectivity index (χ1) is 5.87. The monoisotopic (exact) mass is 198 g/mol. The Bertz CT molecular complexity index is 251. The van der Waals surface area contributed by atoms with Gasteiger partial charge in [-0.1, -0.05) is 6.42 Å². The molecule has 2 nitrogen and oxygen atoms in total. The Hall–Kier alpha value is -0.600. The molecule has 0 bridgehead atoms. The molecule has 0 radical (unpaired) electrons. The van der Waals surface area contributed by atoms with E-state index in [1.165, 1.54) is 24.8 Å². The maximum absolute atomic E-state index is 5.78. The van der Waals surface area contributed by atoms with Gasteiger partial charge in [-0.2, -0.15) is 0 Å². The highest BCUT2D eigenvalue weighted by atomic mass is 35.5. The third-order valence-corrected chi connectivity index (χ3v) is 2.99. The third kappa shape index (κ3) is 1.69. The van der Waals surface area contributed by atoms with Crippen LogP contribution in [0.15, 0.2) is 24.5 Å². The van der Waals surface area contributed by atoms with Crippen molar-refractivity contribution >= 4 is 12.4 Å². The Balaban J connectivity index is 0.000000845. The molecule has 2 rings (SSSR count). The lowest BCUT2D eigenvalue weighted by Gasteiger charge is -2.41. The number of hydrogen-bond donors (Lipinski definition) is 1. The molecular weight excluding hydrogens is 184 g/mol. The van der Waals surface area contributed by atoms with Crippen molar-refractivity contribution in [2.75, 3.05) is 6.54 Å². The Morgan fingerprint density at radius 1 is 1.31 bits per heavy atom. The fourth-order valence-corrected chi connectivity index (χ4v) is 1.92. The number of hydrogen-bond acceptors (Lipinski definition) is 2. The van der Waals surface area contributed by atoms with Gasteiger partial charge < -0.3 is 5.73 Å². The van der Waals surface area contributed by atoms with Crippen LogP contribution in [0.4, 0.5) is 0 Å². The van der Waals surface area contributed by atoms with Gasteiger partial charge in [-0.3, -0.25) is 4.98 Å². The van der Waals surface area contributed by atoms with Crippen molar-refractivity contribution < 1.29 is 0 Å². The molecule has 1 aliphatic carbocycles. The Labute approximate surface area is 85.0 Å². The van der Waals surface area contributed by atoms with Crippen molar-refractivity contribution in [3.63, 3.8) is 0 Å². The Morgan fingerprint density at radius 2 is 1.92 bits per heavy atom. The van der Waals surface area contributed by atoms with E-state index in [-0.39, 0.29) is 12.4 Å². The number of aromatic nitrogens is 1. The van der Waals surface area contributed by atoms with Crippen molar-refractivity contribution in [3.8, 4) is 0 Å². The first-order valence-electron chi connectivity index (χ1n) is 4.48. The number of halogens is 1. The predicted molar refractivity (Wildman–Crippen MR) is 56.1 cm³/mol. The molecule has 1 fully saturated rings. The van der Waals surface area contributed by atoms with Crippen molar-refractivity contribution in [2.45, 2.75) is 24.7 Å². The summed E-state index contributed by atoms with van der Waals surface area (Å²) in [5.41, 5.74) is 7.44. The lowest BCUT2D eigenvalue weighted by molar-refractivity contribution is 0.253. The van der Waals surface area contributed by atoms with Crippen LogP contribution in [0, 0.1) is 0 Å². The lowest BCUT2D eigenvalue weighted by atomic mass is 9.65. The molecule has 0 spiro atoms. The molecule has 3 heteroatoms. The van der Waals surface area contributed by atoms with Crippen LogP contribution in [-0.4, -0.2) is 11.5 Å². The highest BCUT2D eigenvalue weighted by Gasteiger charge is 2.36. The molecule has 0 aliphatic heterocycles. The largest absolute Gasteiger partial charge is 0.330 e. The fraction of sp³-hybridized carbons (Fsp3) is 0.500. The second-order valence-electron chi connectivity index (χ2n) is 3.57. The fourth-order valence-electron chi connectivity index (χ4n) is 1.92. The first-order valence-corrected chi connectivity index (χ1v) is 4.48. The van der Waals surface area contributed by atoms with Crippen LogP contribution in [0.5, 0.6) is 0 Å². The zero-order chi connectivity index (χ0) is 8.44. The van der Waals surface area contributed by atoms with E-state index >= 15 is 0 Å². The minimum absolute atomic E-state index is 0. The van der Waals surface area contributed by atoms with Gasteiger partial charge in [0.15, 0.2) is 0 Å². The van der Waals surface area contributed by atoms with Crippen molar-refractivity contribution in [1.82, 2.24) is 4.98 Å². The minimum atomic E-state index is 0. The second-order valence-corrected chi connectivity index (χ2v) is 3.57. The molecule has 0 amide bonds. The smallest absolute Gasteiger partial charge is 0.0270 e. The summed E-state index contributed by atoms with van der Waals surface area (Å²) in [7, 11) is 0. The first kappa shape index (κ1) is 10.5. The van der Waals surface area contributed by atoms with Gasteiger partial charge >= 0.3 is 0 Å². The quantitative estimate of drug-likeness (QED) is 0.788. The molecular formula is C10H15ClN2. The third-order valence-electron chi connectivity index (χ3n) is 2.99. The number of nitrogens with zero attached hydrogens (tertiary/aromatic N) is 1. The summed E-state index contributed by atoms with van der Waals surface area (Å²) in [6, 6.07) is 4.18. The van der Waals surface area contributed by atoms with Crippen molar-refractivity contribution in [1.29, 1.82) is 0 Å². The van der Waals surface area contributed by atoms with E-state index in [0.717, 1.165) is 6.54 Å². The number of nitrogens with two attached hydrogens (primary N) is 1. The summed E-state index contributed by atoms with van der Waals surface area (Å²) in [6.07, 6.45) is 7.51. The minimum Gasteiger partial charge on any atom is -0.330 e. The molecule has 1 heterocycles. The molecule has 13 heavy (non-hydrogen) atoms. The van der Waals surface area contributed by atoms with E-state index in [9.17, 15) is 0 Å². The SMILES string of the molecule is Cl.NCC1(c2ccncc2)CCC1. The van der Waals surface area contributed by atoms with E-state index in [1.54, 1.807) is 0 Å². The molecule has 2 N–H and O–H groups in total. The van der Waals surface area contributed by atoms with Gasteiger partial charge in [-0.05, 0) is 30.5 Å².